The first kappa shape index (κ1) is 17.0. The van der Waals surface area contributed by atoms with Gasteiger partial charge in [0.25, 0.3) is 0 Å². The van der Waals surface area contributed by atoms with Gasteiger partial charge in [0.2, 0.25) is 5.82 Å². The summed E-state index contributed by atoms with van der Waals surface area (Å²) in [5.41, 5.74) is 5.33. The molecular formula is C12H17F3N4O2. The largest absolute Gasteiger partial charge is 0.467 e. The van der Waals surface area contributed by atoms with Crippen LogP contribution in [0.15, 0.2) is 6.07 Å². The fraction of sp³-hybridized carbons (Fsp3) is 0.583. The van der Waals surface area contributed by atoms with Gasteiger partial charge in [-0.15, -0.1) is 0 Å². The van der Waals surface area contributed by atoms with Gasteiger partial charge in [-0.3, -0.25) is 0 Å². The zero-order valence-electron chi connectivity index (χ0n) is 11.9. The zero-order valence-corrected chi connectivity index (χ0v) is 11.9. The normalized spacial score (nSPS) is 13.1. The first-order valence-corrected chi connectivity index (χ1v) is 6.19. The van der Waals surface area contributed by atoms with Crippen LogP contribution in [-0.4, -0.2) is 29.1 Å². The molecule has 0 aromatic carbocycles. The Morgan fingerprint density at radius 1 is 1.43 bits per heavy atom. The van der Waals surface area contributed by atoms with Crippen LogP contribution in [0.4, 0.5) is 24.8 Å². The highest BCUT2D eigenvalue weighted by Crippen LogP contribution is 2.28. The summed E-state index contributed by atoms with van der Waals surface area (Å²) in [6.45, 7) is 3.74. The molecule has 0 aliphatic carbocycles. The Balaban J connectivity index is 3.03. The van der Waals surface area contributed by atoms with E-state index in [0.717, 1.165) is 6.07 Å². The average Bonchev–Trinajstić information content (AvgIpc) is 2.34. The lowest BCUT2D eigenvalue weighted by atomic mass is 10.0. The molecular weight excluding hydrogens is 289 g/mol. The van der Waals surface area contributed by atoms with Crippen molar-refractivity contribution in [3.63, 3.8) is 0 Å². The Morgan fingerprint density at radius 2 is 2.05 bits per heavy atom. The second-order valence-electron chi connectivity index (χ2n) is 4.85. The molecule has 0 saturated heterocycles. The maximum atomic E-state index is 12.6. The van der Waals surface area contributed by atoms with E-state index in [1.807, 2.05) is 13.8 Å². The monoisotopic (exact) mass is 306 g/mol. The van der Waals surface area contributed by atoms with Gasteiger partial charge in [0.1, 0.15) is 17.7 Å². The molecule has 0 radical (unpaired) electrons. The predicted octanol–water partition coefficient (Wildman–Crippen LogP) is 2.08. The van der Waals surface area contributed by atoms with Crippen LogP contribution in [0, 0.1) is 5.92 Å². The van der Waals surface area contributed by atoms with Gasteiger partial charge in [0.05, 0.1) is 7.11 Å². The fourth-order valence-electron chi connectivity index (χ4n) is 1.67. The molecule has 0 bridgehead atoms. The van der Waals surface area contributed by atoms with Gasteiger partial charge in [0.15, 0.2) is 0 Å². The number of rotatable bonds is 5. The SMILES string of the molecule is COC(=O)C(CC(C)C)Nc1cc(N)nc(C(F)(F)F)n1. The molecule has 0 spiro atoms. The third-order valence-corrected chi connectivity index (χ3v) is 2.51. The molecule has 1 rings (SSSR count). The van der Waals surface area contributed by atoms with E-state index in [-0.39, 0.29) is 17.6 Å². The van der Waals surface area contributed by atoms with Crippen molar-refractivity contribution in [3.05, 3.63) is 11.9 Å². The van der Waals surface area contributed by atoms with Gasteiger partial charge in [-0.25, -0.2) is 14.8 Å². The number of nitrogens with two attached hydrogens (primary N) is 1. The molecule has 1 unspecified atom stereocenters. The van der Waals surface area contributed by atoms with Crippen LogP contribution < -0.4 is 11.1 Å². The number of carbonyl (C=O) groups is 1. The molecule has 1 aromatic rings. The zero-order chi connectivity index (χ0) is 16.2. The van der Waals surface area contributed by atoms with Crippen molar-refractivity contribution in [3.8, 4) is 0 Å². The van der Waals surface area contributed by atoms with E-state index in [4.69, 9.17) is 5.73 Å². The smallest absolute Gasteiger partial charge is 0.451 e. The molecule has 0 aliphatic heterocycles. The summed E-state index contributed by atoms with van der Waals surface area (Å²) >= 11 is 0. The Kier molecular flexibility index (Phi) is 5.34. The number of hydrogen-bond acceptors (Lipinski definition) is 6. The standard InChI is InChI=1S/C12H17F3N4O2/c1-6(2)4-7(10(20)21-3)17-9-5-8(16)18-11(19-9)12(13,14)15/h5-7H,4H2,1-3H3,(H3,16,17,18,19). The maximum absolute atomic E-state index is 12.6. The second-order valence-corrected chi connectivity index (χ2v) is 4.85. The van der Waals surface area contributed by atoms with Gasteiger partial charge < -0.3 is 15.8 Å². The quantitative estimate of drug-likeness (QED) is 0.809. The van der Waals surface area contributed by atoms with E-state index in [1.165, 1.54) is 7.11 Å². The van der Waals surface area contributed by atoms with Gasteiger partial charge >= 0.3 is 12.1 Å². The number of aromatic nitrogens is 2. The molecule has 1 aromatic heterocycles. The third kappa shape index (κ3) is 5.09. The van der Waals surface area contributed by atoms with Crippen molar-refractivity contribution in [1.29, 1.82) is 0 Å². The van der Waals surface area contributed by atoms with Crippen LogP contribution in [0.3, 0.4) is 0 Å². The van der Waals surface area contributed by atoms with E-state index < -0.39 is 24.0 Å². The van der Waals surface area contributed by atoms with Crippen molar-refractivity contribution >= 4 is 17.6 Å². The number of nitrogens with zero attached hydrogens (tertiary/aromatic N) is 2. The molecule has 0 saturated carbocycles. The van der Waals surface area contributed by atoms with Crippen molar-refractivity contribution < 1.29 is 22.7 Å². The van der Waals surface area contributed by atoms with Crippen LogP contribution in [-0.2, 0) is 15.7 Å². The van der Waals surface area contributed by atoms with Crippen molar-refractivity contribution in [2.24, 2.45) is 5.92 Å². The highest BCUT2D eigenvalue weighted by atomic mass is 19.4. The number of ether oxygens (including phenoxy) is 1. The average molecular weight is 306 g/mol. The fourth-order valence-corrected chi connectivity index (χ4v) is 1.67. The number of hydrogen-bond donors (Lipinski definition) is 2. The van der Waals surface area contributed by atoms with Gasteiger partial charge in [-0.05, 0) is 12.3 Å². The van der Waals surface area contributed by atoms with E-state index in [1.54, 1.807) is 0 Å². The molecule has 0 aliphatic rings. The number of nitrogen functional groups attached to an aromatic ring is 1. The first-order chi connectivity index (χ1) is 9.63. The summed E-state index contributed by atoms with van der Waals surface area (Å²) in [5, 5.41) is 2.61. The summed E-state index contributed by atoms with van der Waals surface area (Å²) < 4.78 is 42.5. The Morgan fingerprint density at radius 3 is 2.52 bits per heavy atom. The van der Waals surface area contributed by atoms with Crippen LogP contribution in [0.1, 0.15) is 26.1 Å². The Hall–Kier alpha value is -2.06. The van der Waals surface area contributed by atoms with E-state index >= 15 is 0 Å². The van der Waals surface area contributed by atoms with Crippen molar-refractivity contribution in [2.45, 2.75) is 32.5 Å². The van der Waals surface area contributed by atoms with Crippen LogP contribution >= 0.6 is 0 Å². The predicted molar refractivity (Wildman–Crippen MR) is 70.3 cm³/mol. The van der Waals surface area contributed by atoms with Gasteiger partial charge in [0, 0.05) is 6.07 Å². The molecule has 6 nitrogen and oxygen atoms in total. The van der Waals surface area contributed by atoms with Crippen LogP contribution in [0.5, 0.6) is 0 Å². The number of halogens is 3. The summed E-state index contributed by atoms with van der Waals surface area (Å²) in [6, 6.07) is 0.316. The van der Waals surface area contributed by atoms with Crippen molar-refractivity contribution in [1.82, 2.24) is 9.97 Å². The number of methoxy groups -OCH3 is 1. The highest BCUT2D eigenvalue weighted by Gasteiger charge is 2.35. The lowest BCUT2D eigenvalue weighted by molar-refractivity contribution is -0.144. The van der Waals surface area contributed by atoms with E-state index in [9.17, 15) is 18.0 Å². The molecule has 0 fully saturated rings. The lowest BCUT2D eigenvalue weighted by Gasteiger charge is -2.19. The molecule has 118 valence electrons. The Bertz CT molecular complexity index is 506. The van der Waals surface area contributed by atoms with Crippen LogP contribution in [0.25, 0.3) is 0 Å². The number of carbonyl (C=O) groups excluding carboxylic acids is 1. The molecule has 21 heavy (non-hydrogen) atoms. The molecule has 1 heterocycles. The summed E-state index contributed by atoms with van der Waals surface area (Å²) in [5.74, 6) is -2.34. The minimum Gasteiger partial charge on any atom is -0.467 e. The molecule has 9 heteroatoms. The molecule has 1 atom stereocenters. The number of alkyl halides is 3. The summed E-state index contributed by atoms with van der Waals surface area (Å²) in [4.78, 5) is 18.1. The summed E-state index contributed by atoms with van der Waals surface area (Å²) in [7, 11) is 1.20. The minimum atomic E-state index is -4.72. The molecule has 3 N–H and O–H groups in total. The van der Waals surface area contributed by atoms with Gasteiger partial charge in [-0.1, -0.05) is 13.8 Å². The third-order valence-electron chi connectivity index (χ3n) is 2.51. The Labute approximate surface area is 119 Å². The highest BCUT2D eigenvalue weighted by molar-refractivity contribution is 5.78. The van der Waals surface area contributed by atoms with Crippen LogP contribution in [0.2, 0.25) is 0 Å². The summed E-state index contributed by atoms with van der Waals surface area (Å²) in [6.07, 6.45) is -4.34. The first-order valence-electron chi connectivity index (χ1n) is 6.19. The lowest BCUT2D eigenvalue weighted by Crippen LogP contribution is -2.32. The van der Waals surface area contributed by atoms with Crippen molar-refractivity contribution in [2.75, 3.05) is 18.2 Å². The van der Waals surface area contributed by atoms with E-state index in [0.29, 0.717) is 6.42 Å². The minimum absolute atomic E-state index is 0.128. The number of esters is 1. The topological polar surface area (TPSA) is 90.1 Å². The van der Waals surface area contributed by atoms with E-state index in [2.05, 4.69) is 20.0 Å². The molecule has 0 amide bonds. The van der Waals surface area contributed by atoms with Gasteiger partial charge in [-0.2, -0.15) is 13.2 Å². The number of nitrogens with one attached hydrogen (secondary N) is 1. The maximum Gasteiger partial charge on any atom is 0.451 e. The second kappa shape index (κ2) is 6.59. The number of anilines is 2.